The molecule has 2 nitrogen and oxygen atoms in total. The summed E-state index contributed by atoms with van der Waals surface area (Å²) in [5, 5.41) is 0. The van der Waals surface area contributed by atoms with Crippen LogP contribution in [0.3, 0.4) is 0 Å². The van der Waals surface area contributed by atoms with Crippen molar-refractivity contribution in [1.29, 1.82) is 0 Å². The zero-order chi connectivity index (χ0) is 18.5. The first-order valence-corrected chi connectivity index (χ1v) is 8.58. The summed E-state index contributed by atoms with van der Waals surface area (Å²) in [6.45, 7) is 3.73. The SMILES string of the molecule is CC(C)(COCc1ccccc1Br)c1ccc(OCC(F)(F)F)cc1. The first-order chi connectivity index (χ1) is 11.7. The molecular formula is C19H20BrF3O2. The van der Waals surface area contributed by atoms with Gasteiger partial charge in [-0.15, -0.1) is 0 Å². The van der Waals surface area contributed by atoms with Gasteiger partial charge in [-0.05, 0) is 29.3 Å². The fraction of sp³-hybridized carbons (Fsp3) is 0.368. The lowest BCUT2D eigenvalue weighted by molar-refractivity contribution is -0.153. The van der Waals surface area contributed by atoms with E-state index in [4.69, 9.17) is 9.47 Å². The molecule has 0 unspecified atom stereocenters. The number of hydrogen-bond acceptors (Lipinski definition) is 2. The highest BCUT2D eigenvalue weighted by Crippen LogP contribution is 2.27. The third-order valence-electron chi connectivity index (χ3n) is 3.72. The van der Waals surface area contributed by atoms with E-state index in [1.807, 2.05) is 38.1 Å². The minimum atomic E-state index is -4.34. The Balaban J connectivity index is 1.91. The molecule has 6 heteroatoms. The number of benzene rings is 2. The minimum Gasteiger partial charge on any atom is -0.484 e. The second kappa shape index (κ2) is 8.23. The molecule has 0 aliphatic rings. The van der Waals surface area contributed by atoms with Crippen LogP contribution in [0.5, 0.6) is 5.75 Å². The van der Waals surface area contributed by atoms with Crippen LogP contribution >= 0.6 is 15.9 Å². The van der Waals surface area contributed by atoms with Gasteiger partial charge in [-0.1, -0.05) is 60.1 Å². The van der Waals surface area contributed by atoms with Gasteiger partial charge in [0.15, 0.2) is 6.61 Å². The van der Waals surface area contributed by atoms with Gasteiger partial charge in [0.25, 0.3) is 0 Å². The lowest BCUT2D eigenvalue weighted by Crippen LogP contribution is -2.24. The second-order valence-corrected chi connectivity index (χ2v) is 7.25. The Kier molecular flexibility index (Phi) is 6.52. The van der Waals surface area contributed by atoms with Gasteiger partial charge in [-0.3, -0.25) is 0 Å². The smallest absolute Gasteiger partial charge is 0.422 e. The van der Waals surface area contributed by atoms with Crippen molar-refractivity contribution < 1.29 is 22.6 Å². The van der Waals surface area contributed by atoms with E-state index >= 15 is 0 Å². The molecule has 0 atom stereocenters. The van der Waals surface area contributed by atoms with Gasteiger partial charge in [0.2, 0.25) is 0 Å². The molecule has 0 N–H and O–H groups in total. The highest BCUT2D eigenvalue weighted by atomic mass is 79.9. The van der Waals surface area contributed by atoms with Crippen LogP contribution in [0.1, 0.15) is 25.0 Å². The van der Waals surface area contributed by atoms with E-state index in [0.717, 1.165) is 15.6 Å². The molecule has 0 bridgehead atoms. The van der Waals surface area contributed by atoms with E-state index in [2.05, 4.69) is 15.9 Å². The third-order valence-corrected chi connectivity index (χ3v) is 4.49. The predicted octanol–water partition coefficient (Wildman–Crippen LogP) is 5.88. The van der Waals surface area contributed by atoms with Crippen molar-refractivity contribution in [2.45, 2.75) is 32.0 Å². The summed E-state index contributed by atoms with van der Waals surface area (Å²) in [6, 6.07) is 14.5. The first-order valence-electron chi connectivity index (χ1n) is 7.79. The molecule has 2 rings (SSSR count). The molecule has 0 saturated carbocycles. The zero-order valence-corrected chi connectivity index (χ0v) is 15.7. The third kappa shape index (κ3) is 6.36. The molecule has 136 valence electrons. The first kappa shape index (κ1) is 19.8. The molecule has 0 heterocycles. The number of rotatable bonds is 7. The van der Waals surface area contributed by atoms with Crippen molar-refractivity contribution in [2.24, 2.45) is 0 Å². The van der Waals surface area contributed by atoms with E-state index < -0.39 is 12.8 Å². The standard InChI is InChI=1S/C19H20BrF3O2/c1-18(2,12-24-11-14-5-3-4-6-17(14)20)15-7-9-16(10-8-15)25-13-19(21,22)23/h3-10H,11-13H2,1-2H3. The maximum absolute atomic E-state index is 12.2. The molecule has 2 aromatic rings. The van der Waals surface area contributed by atoms with E-state index in [1.165, 1.54) is 0 Å². The van der Waals surface area contributed by atoms with Crippen molar-refractivity contribution in [2.75, 3.05) is 13.2 Å². The zero-order valence-electron chi connectivity index (χ0n) is 14.1. The van der Waals surface area contributed by atoms with Crippen molar-refractivity contribution in [1.82, 2.24) is 0 Å². The Morgan fingerprint density at radius 3 is 2.16 bits per heavy atom. The fourth-order valence-electron chi connectivity index (χ4n) is 2.28. The van der Waals surface area contributed by atoms with Crippen molar-refractivity contribution in [3.05, 3.63) is 64.1 Å². The molecule has 25 heavy (non-hydrogen) atoms. The average Bonchev–Trinajstić information content (AvgIpc) is 2.54. The lowest BCUT2D eigenvalue weighted by Gasteiger charge is -2.25. The van der Waals surface area contributed by atoms with Crippen LogP contribution in [-0.2, 0) is 16.8 Å². The van der Waals surface area contributed by atoms with Crippen LogP contribution in [0.2, 0.25) is 0 Å². The van der Waals surface area contributed by atoms with E-state index in [-0.39, 0.29) is 11.2 Å². The van der Waals surface area contributed by atoms with E-state index in [0.29, 0.717) is 13.2 Å². The topological polar surface area (TPSA) is 18.5 Å². The Labute approximate surface area is 154 Å². The fourth-order valence-corrected chi connectivity index (χ4v) is 2.68. The molecule has 0 aliphatic carbocycles. The summed E-state index contributed by atoms with van der Waals surface area (Å²) in [5.74, 6) is 0.200. The molecule has 0 aromatic heterocycles. The molecule has 0 saturated heterocycles. The summed E-state index contributed by atoms with van der Waals surface area (Å²) in [7, 11) is 0. The minimum absolute atomic E-state index is 0.200. The summed E-state index contributed by atoms with van der Waals surface area (Å²) in [5.41, 5.74) is 1.76. The molecule has 0 aliphatic heterocycles. The highest BCUT2D eigenvalue weighted by Gasteiger charge is 2.28. The Hall–Kier alpha value is -1.53. The van der Waals surface area contributed by atoms with Gasteiger partial charge in [-0.2, -0.15) is 13.2 Å². The second-order valence-electron chi connectivity index (χ2n) is 6.40. The van der Waals surface area contributed by atoms with Crippen molar-refractivity contribution >= 4 is 15.9 Å². The van der Waals surface area contributed by atoms with Gasteiger partial charge < -0.3 is 9.47 Å². The quantitative estimate of drug-likeness (QED) is 0.560. The summed E-state index contributed by atoms with van der Waals surface area (Å²) in [4.78, 5) is 0. The molecule has 0 radical (unpaired) electrons. The number of hydrogen-bond donors (Lipinski definition) is 0. The van der Waals surface area contributed by atoms with Crippen LogP contribution in [0.15, 0.2) is 53.0 Å². The van der Waals surface area contributed by atoms with Crippen LogP contribution in [0.25, 0.3) is 0 Å². The van der Waals surface area contributed by atoms with Crippen molar-refractivity contribution in [3.63, 3.8) is 0 Å². The number of alkyl halides is 3. The van der Waals surface area contributed by atoms with Crippen LogP contribution in [0, 0.1) is 0 Å². The Bertz CT molecular complexity index is 682. The van der Waals surface area contributed by atoms with Crippen LogP contribution in [0.4, 0.5) is 13.2 Å². The Morgan fingerprint density at radius 2 is 1.56 bits per heavy atom. The summed E-state index contributed by atoms with van der Waals surface area (Å²) >= 11 is 3.48. The van der Waals surface area contributed by atoms with E-state index in [9.17, 15) is 13.2 Å². The largest absolute Gasteiger partial charge is 0.484 e. The lowest BCUT2D eigenvalue weighted by atomic mass is 9.85. The van der Waals surface area contributed by atoms with Crippen LogP contribution < -0.4 is 4.74 Å². The molecule has 0 amide bonds. The molecule has 0 fully saturated rings. The number of halogens is 4. The van der Waals surface area contributed by atoms with Gasteiger partial charge in [-0.25, -0.2) is 0 Å². The van der Waals surface area contributed by atoms with Gasteiger partial charge in [0.05, 0.1) is 13.2 Å². The highest BCUT2D eigenvalue weighted by molar-refractivity contribution is 9.10. The predicted molar refractivity (Wildman–Crippen MR) is 94.8 cm³/mol. The van der Waals surface area contributed by atoms with E-state index in [1.54, 1.807) is 24.3 Å². The monoisotopic (exact) mass is 416 g/mol. The maximum Gasteiger partial charge on any atom is 0.422 e. The number of ether oxygens (including phenoxy) is 2. The molecule has 0 spiro atoms. The van der Waals surface area contributed by atoms with Gasteiger partial charge in [0.1, 0.15) is 5.75 Å². The van der Waals surface area contributed by atoms with Gasteiger partial charge >= 0.3 is 6.18 Å². The normalized spacial score (nSPS) is 12.2. The average molecular weight is 417 g/mol. The van der Waals surface area contributed by atoms with Crippen molar-refractivity contribution in [3.8, 4) is 5.75 Å². The van der Waals surface area contributed by atoms with Crippen LogP contribution in [-0.4, -0.2) is 19.4 Å². The molecule has 2 aromatic carbocycles. The Morgan fingerprint density at radius 1 is 0.920 bits per heavy atom. The molecular weight excluding hydrogens is 397 g/mol. The maximum atomic E-state index is 12.2. The summed E-state index contributed by atoms with van der Waals surface area (Å²) in [6.07, 6.45) is -4.34. The summed E-state index contributed by atoms with van der Waals surface area (Å²) < 4.78 is 48.1. The van der Waals surface area contributed by atoms with Gasteiger partial charge in [0, 0.05) is 9.89 Å².